The molecule has 0 aliphatic heterocycles. The maximum absolute atomic E-state index is 14.0. The molecule has 3 aromatic carbocycles. The predicted molar refractivity (Wildman–Crippen MR) is 121 cm³/mol. The summed E-state index contributed by atoms with van der Waals surface area (Å²) in [5.74, 6) is -4.96. The third-order valence-electron chi connectivity index (χ3n) is 5.40. The number of methoxy groups -OCH3 is 1. The van der Waals surface area contributed by atoms with E-state index in [1.54, 1.807) is 6.92 Å². The van der Waals surface area contributed by atoms with E-state index < -0.39 is 41.2 Å². The van der Waals surface area contributed by atoms with E-state index in [9.17, 15) is 23.5 Å². The van der Waals surface area contributed by atoms with Crippen LogP contribution in [0.25, 0.3) is 11.1 Å². The largest absolute Gasteiger partial charge is 0.491 e. The van der Waals surface area contributed by atoms with Gasteiger partial charge in [0.2, 0.25) is 0 Å². The molecule has 0 aliphatic carbocycles. The Labute approximate surface area is 191 Å². The molecule has 0 aromatic heterocycles. The molecule has 0 saturated heterocycles. The van der Waals surface area contributed by atoms with Gasteiger partial charge in [0.05, 0.1) is 13.0 Å². The molecule has 0 fully saturated rings. The third kappa shape index (κ3) is 6.16. The van der Waals surface area contributed by atoms with Crippen molar-refractivity contribution in [3.05, 3.63) is 89.5 Å². The number of carboxylic acid groups (broad SMARTS) is 1. The van der Waals surface area contributed by atoms with Gasteiger partial charge in [-0.3, -0.25) is 9.59 Å². The predicted octanol–water partition coefficient (Wildman–Crippen LogP) is 5.09. The van der Waals surface area contributed by atoms with Crippen molar-refractivity contribution >= 4 is 11.9 Å². The standard InChI is InChI=1S/C26H25F2NO4/c1-16(26(31)32)12-21(29-25(30)20-14-22(27)24(33-2)23(28)15-20)13-17-8-10-19(11-9-17)18-6-4-3-5-7-18/h3-11,14-16,21H,12-13H2,1-2H3,(H,29,30)(H,31,32)/t16-,21+/m1/s1. The van der Waals surface area contributed by atoms with Crippen LogP contribution in [0, 0.1) is 17.6 Å². The second kappa shape index (κ2) is 10.7. The van der Waals surface area contributed by atoms with Crippen LogP contribution in [0.4, 0.5) is 8.78 Å². The molecule has 33 heavy (non-hydrogen) atoms. The van der Waals surface area contributed by atoms with E-state index in [2.05, 4.69) is 10.1 Å². The number of carbonyl (C=O) groups is 2. The van der Waals surface area contributed by atoms with E-state index in [0.717, 1.165) is 35.9 Å². The van der Waals surface area contributed by atoms with Gasteiger partial charge in [0, 0.05) is 11.6 Å². The molecule has 2 N–H and O–H groups in total. The summed E-state index contributed by atoms with van der Waals surface area (Å²) < 4.78 is 32.7. The van der Waals surface area contributed by atoms with Gasteiger partial charge in [-0.05, 0) is 41.7 Å². The van der Waals surface area contributed by atoms with Gasteiger partial charge in [-0.25, -0.2) is 8.78 Å². The van der Waals surface area contributed by atoms with Crippen LogP contribution in [-0.2, 0) is 11.2 Å². The van der Waals surface area contributed by atoms with Crippen molar-refractivity contribution in [2.75, 3.05) is 7.11 Å². The van der Waals surface area contributed by atoms with Crippen LogP contribution in [0.3, 0.4) is 0 Å². The quantitative estimate of drug-likeness (QED) is 0.473. The van der Waals surface area contributed by atoms with E-state index in [-0.39, 0.29) is 12.0 Å². The molecule has 5 nitrogen and oxygen atoms in total. The van der Waals surface area contributed by atoms with Crippen molar-refractivity contribution < 1.29 is 28.2 Å². The molecular weight excluding hydrogens is 428 g/mol. The second-order valence-electron chi connectivity index (χ2n) is 7.89. The number of aliphatic carboxylic acids is 1. The van der Waals surface area contributed by atoms with Crippen LogP contribution in [0.5, 0.6) is 5.75 Å². The Morgan fingerprint density at radius 1 is 0.970 bits per heavy atom. The van der Waals surface area contributed by atoms with Gasteiger partial charge < -0.3 is 15.2 Å². The van der Waals surface area contributed by atoms with Crippen LogP contribution in [0.15, 0.2) is 66.7 Å². The average Bonchev–Trinajstić information content (AvgIpc) is 2.79. The van der Waals surface area contributed by atoms with Crippen molar-refractivity contribution in [3.63, 3.8) is 0 Å². The van der Waals surface area contributed by atoms with Gasteiger partial charge in [0.15, 0.2) is 17.4 Å². The monoisotopic (exact) mass is 453 g/mol. The minimum Gasteiger partial charge on any atom is -0.491 e. The SMILES string of the molecule is COc1c(F)cc(C(=O)N[C@H](Cc2ccc(-c3ccccc3)cc2)C[C@@H](C)C(=O)O)cc1F. The van der Waals surface area contributed by atoms with Gasteiger partial charge in [-0.2, -0.15) is 0 Å². The van der Waals surface area contributed by atoms with E-state index in [1.165, 1.54) is 0 Å². The minimum absolute atomic E-state index is 0.155. The summed E-state index contributed by atoms with van der Waals surface area (Å²) >= 11 is 0. The van der Waals surface area contributed by atoms with Gasteiger partial charge in [-0.1, -0.05) is 61.5 Å². The molecule has 0 aliphatic rings. The highest BCUT2D eigenvalue weighted by Crippen LogP contribution is 2.24. The van der Waals surface area contributed by atoms with Crippen molar-refractivity contribution in [1.29, 1.82) is 0 Å². The highest BCUT2D eigenvalue weighted by Gasteiger charge is 2.23. The lowest BCUT2D eigenvalue weighted by molar-refractivity contribution is -0.141. The molecule has 0 saturated carbocycles. The Kier molecular flexibility index (Phi) is 7.77. The first-order valence-electron chi connectivity index (χ1n) is 10.5. The summed E-state index contributed by atoms with van der Waals surface area (Å²) in [5, 5.41) is 12.0. The molecule has 0 unspecified atom stereocenters. The maximum Gasteiger partial charge on any atom is 0.306 e. The Morgan fingerprint density at radius 2 is 1.55 bits per heavy atom. The molecule has 1 amide bonds. The van der Waals surface area contributed by atoms with Gasteiger partial charge in [-0.15, -0.1) is 0 Å². The van der Waals surface area contributed by atoms with Crippen LogP contribution < -0.4 is 10.1 Å². The maximum atomic E-state index is 14.0. The normalized spacial score (nSPS) is 12.6. The first-order valence-corrected chi connectivity index (χ1v) is 10.5. The third-order valence-corrected chi connectivity index (χ3v) is 5.40. The Balaban J connectivity index is 1.78. The summed E-state index contributed by atoms with van der Waals surface area (Å²) in [6.07, 6.45) is 0.516. The number of halogens is 2. The summed E-state index contributed by atoms with van der Waals surface area (Å²) in [4.78, 5) is 24.1. The summed E-state index contributed by atoms with van der Waals surface area (Å²) in [7, 11) is 1.13. The van der Waals surface area contributed by atoms with Crippen LogP contribution in [0.1, 0.15) is 29.3 Å². The van der Waals surface area contributed by atoms with Gasteiger partial charge in [0.25, 0.3) is 5.91 Å². The lowest BCUT2D eigenvalue weighted by atomic mass is 9.94. The molecule has 3 rings (SSSR count). The average molecular weight is 453 g/mol. The van der Waals surface area contributed by atoms with Crippen molar-refractivity contribution in [3.8, 4) is 16.9 Å². The lowest BCUT2D eigenvalue weighted by Gasteiger charge is -2.21. The molecular formula is C26H25F2NO4. The smallest absolute Gasteiger partial charge is 0.306 e. The highest BCUT2D eigenvalue weighted by molar-refractivity contribution is 5.94. The van der Waals surface area contributed by atoms with Crippen molar-refractivity contribution in [2.24, 2.45) is 5.92 Å². The summed E-state index contributed by atoms with van der Waals surface area (Å²) in [5.41, 5.74) is 2.78. The summed E-state index contributed by atoms with van der Waals surface area (Å²) in [6.45, 7) is 1.55. The van der Waals surface area contributed by atoms with Crippen LogP contribution >= 0.6 is 0 Å². The topological polar surface area (TPSA) is 75.6 Å². The number of hydrogen-bond donors (Lipinski definition) is 2. The second-order valence-corrected chi connectivity index (χ2v) is 7.89. The lowest BCUT2D eigenvalue weighted by Crippen LogP contribution is -2.38. The zero-order valence-corrected chi connectivity index (χ0v) is 18.3. The minimum atomic E-state index is -0.991. The van der Waals surface area contributed by atoms with E-state index in [1.807, 2.05) is 54.6 Å². The number of nitrogens with one attached hydrogen (secondary N) is 1. The number of benzene rings is 3. The van der Waals surface area contributed by atoms with Crippen molar-refractivity contribution in [1.82, 2.24) is 5.32 Å². The number of carboxylic acids is 1. The van der Waals surface area contributed by atoms with Crippen LogP contribution in [0.2, 0.25) is 0 Å². The molecule has 3 aromatic rings. The van der Waals surface area contributed by atoms with Gasteiger partial charge >= 0.3 is 5.97 Å². The molecule has 0 bridgehead atoms. The molecule has 0 heterocycles. The van der Waals surface area contributed by atoms with E-state index in [0.29, 0.717) is 6.42 Å². The highest BCUT2D eigenvalue weighted by atomic mass is 19.1. The fraction of sp³-hybridized carbons (Fsp3) is 0.231. The Morgan fingerprint density at radius 3 is 2.09 bits per heavy atom. The zero-order valence-electron chi connectivity index (χ0n) is 18.3. The molecule has 7 heteroatoms. The molecule has 2 atom stereocenters. The number of rotatable bonds is 9. The van der Waals surface area contributed by atoms with Gasteiger partial charge in [0.1, 0.15) is 0 Å². The number of carbonyl (C=O) groups excluding carboxylic acids is 1. The van der Waals surface area contributed by atoms with E-state index in [4.69, 9.17) is 0 Å². The van der Waals surface area contributed by atoms with E-state index >= 15 is 0 Å². The van der Waals surface area contributed by atoms with Crippen molar-refractivity contribution in [2.45, 2.75) is 25.8 Å². The fourth-order valence-electron chi connectivity index (χ4n) is 3.62. The number of ether oxygens (including phenoxy) is 1. The van der Waals surface area contributed by atoms with Crippen LogP contribution in [-0.4, -0.2) is 30.1 Å². The number of amides is 1. The summed E-state index contributed by atoms with van der Waals surface area (Å²) in [6, 6.07) is 18.8. The first kappa shape index (κ1) is 23.9. The Bertz CT molecular complexity index is 1090. The first-order chi connectivity index (χ1) is 15.8. The Hall–Kier alpha value is -3.74. The number of hydrogen-bond acceptors (Lipinski definition) is 3. The fourth-order valence-corrected chi connectivity index (χ4v) is 3.62. The molecule has 0 radical (unpaired) electrons. The molecule has 172 valence electrons. The zero-order chi connectivity index (χ0) is 24.0. The molecule has 0 spiro atoms.